The second-order valence-electron chi connectivity index (χ2n) is 9.00. The van der Waals surface area contributed by atoms with Gasteiger partial charge in [0.2, 0.25) is 0 Å². The Hall–Kier alpha value is -3.23. The third kappa shape index (κ3) is 6.26. The minimum Gasteiger partial charge on any atom is -0.493 e. The van der Waals surface area contributed by atoms with Gasteiger partial charge < -0.3 is 19.9 Å². The number of thioether (sulfide) groups is 1. The first-order chi connectivity index (χ1) is 16.6. The number of anilines is 1. The predicted molar refractivity (Wildman–Crippen MR) is 136 cm³/mol. The van der Waals surface area contributed by atoms with Crippen molar-refractivity contribution in [2.24, 2.45) is 0 Å². The van der Waals surface area contributed by atoms with Crippen molar-refractivity contribution in [3.05, 3.63) is 70.7 Å². The van der Waals surface area contributed by atoms with Gasteiger partial charge >= 0.3 is 5.97 Å². The molecule has 0 saturated carbocycles. The van der Waals surface area contributed by atoms with E-state index in [-0.39, 0.29) is 15.7 Å². The number of aliphatic carboxylic acids is 1. The van der Waals surface area contributed by atoms with Crippen molar-refractivity contribution >= 4 is 41.1 Å². The van der Waals surface area contributed by atoms with Crippen molar-refractivity contribution in [3.8, 4) is 17.2 Å². The molecule has 0 bridgehead atoms. The van der Waals surface area contributed by atoms with Crippen LogP contribution in [0.1, 0.15) is 49.0 Å². The van der Waals surface area contributed by atoms with Crippen molar-refractivity contribution in [2.75, 3.05) is 11.9 Å². The molecule has 0 fully saturated rings. The molecule has 1 unspecified atom stereocenters. The molecule has 2 N–H and O–H groups in total. The smallest absolute Gasteiger partial charge is 0.311 e. The van der Waals surface area contributed by atoms with Gasteiger partial charge in [-0.2, -0.15) is 0 Å². The lowest BCUT2D eigenvalue weighted by atomic mass is 9.93. The summed E-state index contributed by atoms with van der Waals surface area (Å²) in [4.78, 5) is 28.7. The maximum Gasteiger partial charge on any atom is 0.311 e. The predicted octanol–water partition coefficient (Wildman–Crippen LogP) is 6.62. The Balaban J connectivity index is 1.45. The zero-order valence-corrected chi connectivity index (χ0v) is 21.1. The zero-order chi connectivity index (χ0) is 25.2. The van der Waals surface area contributed by atoms with E-state index < -0.39 is 11.9 Å². The highest BCUT2D eigenvalue weighted by molar-refractivity contribution is 8.00. The molecule has 1 atom stereocenters. The molecule has 2 heterocycles. The van der Waals surface area contributed by atoms with Crippen molar-refractivity contribution < 1.29 is 24.2 Å². The number of hydrogen-bond acceptors (Lipinski definition) is 6. The molecule has 0 aliphatic carbocycles. The normalized spacial score (nSPS) is 15.0. The SMILES string of the molecule is CC(C)(C)Sc1cccc(NC(=O)c2ccc(Oc3cc4c(cc3Cl)C(C(=O)O)CCO4)cc2)n1. The molecule has 182 valence electrons. The molecule has 2 aromatic carbocycles. The molecule has 4 rings (SSSR count). The standard InChI is InChI=1S/C26H25ClN2O5S/c1-26(2,3)35-23-6-4-5-22(28-23)29-24(30)15-7-9-16(10-8-15)34-21-14-20-18(13-19(21)27)17(25(31)32)11-12-33-20/h4-10,13-14,17H,11-12H2,1-3H3,(H,31,32)(H,28,29,30). The number of ether oxygens (including phenoxy) is 2. The molecule has 1 aliphatic rings. The van der Waals surface area contributed by atoms with E-state index >= 15 is 0 Å². The average Bonchev–Trinajstić information content (AvgIpc) is 2.78. The fourth-order valence-corrected chi connectivity index (χ4v) is 4.70. The molecule has 0 radical (unpaired) electrons. The van der Waals surface area contributed by atoms with Gasteiger partial charge in [0, 0.05) is 21.9 Å². The van der Waals surface area contributed by atoms with Crippen molar-refractivity contribution in [3.63, 3.8) is 0 Å². The Kier molecular flexibility index (Phi) is 7.23. The number of carboxylic acids is 1. The van der Waals surface area contributed by atoms with E-state index in [1.54, 1.807) is 54.2 Å². The first-order valence-corrected chi connectivity index (χ1v) is 12.2. The van der Waals surface area contributed by atoms with Gasteiger partial charge in [-0.25, -0.2) is 4.98 Å². The molecular formula is C26H25ClN2O5S. The largest absolute Gasteiger partial charge is 0.493 e. The van der Waals surface area contributed by atoms with Crippen LogP contribution in [0.4, 0.5) is 5.82 Å². The van der Waals surface area contributed by atoms with Crippen LogP contribution in [0.2, 0.25) is 5.02 Å². The molecule has 7 nitrogen and oxygen atoms in total. The van der Waals surface area contributed by atoms with Gasteiger partial charge in [-0.15, -0.1) is 11.8 Å². The lowest BCUT2D eigenvalue weighted by Crippen LogP contribution is -2.20. The monoisotopic (exact) mass is 512 g/mol. The molecular weight excluding hydrogens is 488 g/mol. The van der Waals surface area contributed by atoms with Crippen LogP contribution in [0.3, 0.4) is 0 Å². The fraction of sp³-hybridized carbons (Fsp3) is 0.269. The number of pyridine rings is 1. The summed E-state index contributed by atoms with van der Waals surface area (Å²) in [5.41, 5.74) is 0.976. The number of carbonyl (C=O) groups is 2. The first kappa shape index (κ1) is 24.9. The van der Waals surface area contributed by atoms with Crippen LogP contribution >= 0.6 is 23.4 Å². The quantitative estimate of drug-likeness (QED) is 0.358. The van der Waals surface area contributed by atoms with Crippen molar-refractivity contribution in [1.29, 1.82) is 0 Å². The van der Waals surface area contributed by atoms with Gasteiger partial charge in [0.15, 0.2) is 0 Å². The number of aromatic nitrogens is 1. The third-order valence-electron chi connectivity index (χ3n) is 5.12. The lowest BCUT2D eigenvalue weighted by molar-refractivity contribution is -0.139. The fourth-order valence-electron chi connectivity index (χ4n) is 3.57. The van der Waals surface area contributed by atoms with Crippen LogP contribution in [0.25, 0.3) is 0 Å². The van der Waals surface area contributed by atoms with Gasteiger partial charge in [0.05, 0.1) is 22.6 Å². The summed E-state index contributed by atoms with van der Waals surface area (Å²) in [7, 11) is 0. The van der Waals surface area contributed by atoms with Crippen molar-refractivity contribution in [2.45, 2.75) is 42.9 Å². The maximum atomic E-state index is 12.7. The Morgan fingerprint density at radius 3 is 2.60 bits per heavy atom. The molecule has 1 amide bonds. The highest BCUT2D eigenvalue weighted by atomic mass is 35.5. The van der Waals surface area contributed by atoms with Gasteiger partial charge in [0.25, 0.3) is 5.91 Å². The van der Waals surface area contributed by atoms with E-state index in [9.17, 15) is 14.7 Å². The number of amides is 1. The van der Waals surface area contributed by atoms with E-state index in [1.807, 2.05) is 12.1 Å². The van der Waals surface area contributed by atoms with Gasteiger partial charge in [-0.05, 0) is 48.9 Å². The van der Waals surface area contributed by atoms with Crippen LogP contribution in [-0.4, -0.2) is 33.3 Å². The molecule has 1 aliphatic heterocycles. The Bertz CT molecular complexity index is 1260. The number of carboxylic acid groups (broad SMARTS) is 1. The number of benzene rings is 2. The first-order valence-electron chi connectivity index (χ1n) is 11.0. The Morgan fingerprint density at radius 2 is 1.91 bits per heavy atom. The molecule has 3 aromatic rings. The highest BCUT2D eigenvalue weighted by Gasteiger charge is 2.29. The zero-order valence-electron chi connectivity index (χ0n) is 19.5. The van der Waals surface area contributed by atoms with E-state index in [4.69, 9.17) is 21.1 Å². The Labute approximate surface area is 212 Å². The molecule has 0 saturated heterocycles. The summed E-state index contributed by atoms with van der Waals surface area (Å²) >= 11 is 7.98. The topological polar surface area (TPSA) is 97.8 Å². The maximum absolute atomic E-state index is 12.7. The van der Waals surface area contributed by atoms with Crippen LogP contribution in [-0.2, 0) is 4.79 Å². The summed E-state index contributed by atoms with van der Waals surface area (Å²) < 4.78 is 11.5. The summed E-state index contributed by atoms with van der Waals surface area (Å²) in [6.07, 6.45) is 0.387. The third-order valence-corrected chi connectivity index (χ3v) is 6.47. The number of fused-ring (bicyclic) bond motifs is 1. The second kappa shape index (κ2) is 10.2. The van der Waals surface area contributed by atoms with Crippen LogP contribution < -0.4 is 14.8 Å². The van der Waals surface area contributed by atoms with Gasteiger partial charge in [-0.3, -0.25) is 9.59 Å². The van der Waals surface area contributed by atoms with E-state index in [1.165, 1.54) is 0 Å². The summed E-state index contributed by atoms with van der Waals surface area (Å²) in [6, 6.07) is 15.3. The second-order valence-corrected chi connectivity index (χ2v) is 11.3. The summed E-state index contributed by atoms with van der Waals surface area (Å²) in [5.74, 6) is -0.138. The molecule has 1 aromatic heterocycles. The van der Waals surface area contributed by atoms with Gasteiger partial charge in [0.1, 0.15) is 23.1 Å². The summed E-state index contributed by atoms with van der Waals surface area (Å²) in [6.45, 7) is 6.61. The van der Waals surface area contributed by atoms with E-state index in [2.05, 4.69) is 31.1 Å². The van der Waals surface area contributed by atoms with Crippen molar-refractivity contribution in [1.82, 2.24) is 4.98 Å². The number of nitrogens with zero attached hydrogens (tertiary/aromatic N) is 1. The molecule has 9 heteroatoms. The summed E-state index contributed by atoms with van der Waals surface area (Å²) in [5, 5.41) is 13.4. The highest BCUT2D eigenvalue weighted by Crippen LogP contribution is 2.42. The van der Waals surface area contributed by atoms with Crippen LogP contribution in [0.15, 0.2) is 59.6 Å². The van der Waals surface area contributed by atoms with E-state index in [0.717, 1.165) is 5.03 Å². The lowest BCUT2D eigenvalue weighted by Gasteiger charge is -2.24. The number of carbonyl (C=O) groups excluding carboxylic acids is 1. The average molecular weight is 513 g/mol. The number of hydrogen-bond donors (Lipinski definition) is 2. The molecule has 0 spiro atoms. The molecule has 35 heavy (non-hydrogen) atoms. The number of nitrogens with one attached hydrogen (secondary N) is 1. The van der Waals surface area contributed by atoms with Gasteiger partial charge in [-0.1, -0.05) is 38.4 Å². The Morgan fingerprint density at radius 1 is 1.17 bits per heavy atom. The number of rotatable bonds is 6. The van der Waals surface area contributed by atoms with Crippen LogP contribution in [0, 0.1) is 0 Å². The van der Waals surface area contributed by atoms with E-state index in [0.29, 0.717) is 47.2 Å². The minimum absolute atomic E-state index is 0.0104. The number of halogens is 1. The van der Waals surface area contributed by atoms with Crippen LogP contribution in [0.5, 0.6) is 17.2 Å². The minimum atomic E-state index is -0.914.